The van der Waals surface area contributed by atoms with E-state index in [-0.39, 0.29) is 5.92 Å². The molecule has 0 heterocycles. The first-order valence-corrected chi connectivity index (χ1v) is 7.58. The third-order valence-electron chi connectivity index (χ3n) is 4.25. The second kappa shape index (κ2) is 7.63. The van der Waals surface area contributed by atoms with Crippen molar-refractivity contribution in [1.82, 2.24) is 0 Å². The first kappa shape index (κ1) is 17.0. The van der Waals surface area contributed by atoms with E-state index in [1.54, 1.807) is 7.11 Å². The number of rotatable bonds is 8. The van der Waals surface area contributed by atoms with Crippen molar-refractivity contribution in [3.63, 3.8) is 0 Å². The first-order valence-electron chi connectivity index (χ1n) is 7.58. The Morgan fingerprint density at radius 3 is 2.70 bits per heavy atom. The summed E-state index contributed by atoms with van der Waals surface area (Å²) in [6, 6.07) is 0. The van der Waals surface area contributed by atoms with Gasteiger partial charge in [0.25, 0.3) is 0 Å². The lowest BCUT2D eigenvalue weighted by molar-refractivity contribution is -0.149. The molecule has 0 aromatic carbocycles. The molecular weight excluding hydrogens is 252 g/mol. The zero-order valence-electron chi connectivity index (χ0n) is 13.2. The molecule has 0 amide bonds. The van der Waals surface area contributed by atoms with Crippen LogP contribution in [0, 0.1) is 17.3 Å². The Morgan fingerprint density at radius 2 is 2.20 bits per heavy atom. The molecule has 1 aliphatic rings. The molecule has 0 aliphatic heterocycles. The second-order valence-electron chi connectivity index (χ2n) is 6.09. The van der Waals surface area contributed by atoms with Gasteiger partial charge in [0.15, 0.2) is 0 Å². The fraction of sp³-hybridized carbons (Fsp3) is 0.706. The highest BCUT2D eigenvalue weighted by Gasteiger charge is 2.43. The lowest BCUT2D eigenvalue weighted by Crippen LogP contribution is -2.38. The Morgan fingerprint density at radius 1 is 1.50 bits per heavy atom. The average Bonchev–Trinajstić information content (AvgIpc) is 2.42. The molecular formula is C17H28O3. The highest BCUT2D eigenvalue weighted by Crippen LogP contribution is 2.43. The number of allylic oxidation sites excluding steroid dienone is 3. The zero-order valence-corrected chi connectivity index (χ0v) is 13.2. The summed E-state index contributed by atoms with van der Waals surface area (Å²) < 4.78 is 5.17. The number of carboxylic acids is 1. The maximum Gasteiger partial charge on any atom is 0.314 e. The number of ether oxygens (including phenoxy) is 1. The van der Waals surface area contributed by atoms with E-state index in [2.05, 4.69) is 26.8 Å². The van der Waals surface area contributed by atoms with Gasteiger partial charge in [0.2, 0.25) is 0 Å². The number of hydrogen-bond donors (Lipinski definition) is 1. The summed E-state index contributed by atoms with van der Waals surface area (Å²) in [4.78, 5) is 11.9. The summed E-state index contributed by atoms with van der Waals surface area (Å²) in [5.74, 6) is -0.167. The smallest absolute Gasteiger partial charge is 0.314 e. The molecule has 1 rings (SSSR count). The van der Waals surface area contributed by atoms with Gasteiger partial charge in [-0.15, -0.1) is 0 Å². The monoisotopic (exact) mass is 280 g/mol. The molecule has 3 heteroatoms. The van der Waals surface area contributed by atoms with Gasteiger partial charge in [-0.25, -0.2) is 0 Å². The van der Waals surface area contributed by atoms with Crippen molar-refractivity contribution in [1.29, 1.82) is 0 Å². The van der Waals surface area contributed by atoms with Crippen molar-refractivity contribution in [3.05, 3.63) is 23.8 Å². The Labute approximate surface area is 122 Å². The van der Waals surface area contributed by atoms with Gasteiger partial charge < -0.3 is 9.84 Å². The van der Waals surface area contributed by atoms with Gasteiger partial charge >= 0.3 is 5.97 Å². The third kappa shape index (κ3) is 3.95. The summed E-state index contributed by atoms with van der Waals surface area (Å²) in [7, 11) is 1.67. The van der Waals surface area contributed by atoms with Crippen LogP contribution >= 0.6 is 0 Å². The zero-order chi connectivity index (χ0) is 15.2. The van der Waals surface area contributed by atoms with E-state index in [1.165, 1.54) is 5.57 Å². The maximum absolute atomic E-state index is 11.9. The van der Waals surface area contributed by atoms with E-state index in [4.69, 9.17) is 4.74 Å². The van der Waals surface area contributed by atoms with Gasteiger partial charge in [0, 0.05) is 13.7 Å². The van der Waals surface area contributed by atoms with E-state index in [0.29, 0.717) is 18.9 Å². The van der Waals surface area contributed by atoms with Crippen molar-refractivity contribution < 1.29 is 14.6 Å². The maximum atomic E-state index is 11.9. The average molecular weight is 280 g/mol. The highest BCUT2D eigenvalue weighted by atomic mass is 16.5. The van der Waals surface area contributed by atoms with Crippen LogP contribution in [0.25, 0.3) is 0 Å². The van der Waals surface area contributed by atoms with Crippen LogP contribution in [0.4, 0.5) is 0 Å². The van der Waals surface area contributed by atoms with Gasteiger partial charge in [-0.05, 0) is 37.5 Å². The summed E-state index contributed by atoms with van der Waals surface area (Å²) in [6.45, 7) is 6.98. The number of methoxy groups -OCH3 is 1. The van der Waals surface area contributed by atoms with Gasteiger partial charge in [0.05, 0.1) is 5.41 Å². The molecule has 1 aliphatic carbocycles. The van der Waals surface area contributed by atoms with Gasteiger partial charge in [-0.3, -0.25) is 4.79 Å². The van der Waals surface area contributed by atoms with Gasteiger partial charge in [-0.2, -0.15) is 0 Å². The molecule has 2 atom stereocenters. The second-order valence-corrected chi connectivity index (χ2v) is 6.09. The number of hydrogen-bond acceptors (Lipinski definition) is 2. The highest BCUT2D eigenvalue weighted by molar-refractivity contribution is 5.78. The van der Waals surface area contributed by atoms with Gasteiger partial charge in [-0.1, -0.05) is 44.6 Å². The minimum atomic E-state index is -0.762. The van der Waals surface area contributed by atoms with Crippen LogP contribution in [0.1, 0.15) is 46.5 Å². The van der Waals surface area contributed by atoms with Crippen molar-refractivity contribution >= 4 is 5.97 Å². The Balaban J connectivity index is 3.01. The van der Waals surface area contributed by atoms with Gasteiger partial charge in [0.1, 0.15) is 0 Å². The molecule has 0 fully saturated rings. The number of aliphatic carboxylic acids is 1. The lowest BCUT2D eigenvalue weighted by atomic mass is 9.66. The van der Waals surface area contributed by atoms with Crippen molar-refractivity contribution in [2.75, 3.05) is 13.7 Å². The molecule has 114 valence electrons. The van der Waals surface area contributed by atoms with Crippen LogP contribution in [0.15, 0.2) is 23.8 Å². The lowest BCUT2D eigenvalue weighted by Gasteiger charge is -2.36. The number of carboxylic acid groups (broad SMARTS) is 1. The minimum Gasteiger partial charge on any atom is -0.481 e. The fourth-order valence-corrected chi connectivity index (χ4v) is 2.80. The molecule has 20 heavy (non-hydrogen) atoms. The van der Waals surface area contributed by atoms with E-state index < -0.39 is 11.4 Å². The van der Waals surface area contributed by atoms with Crippen molar-refractivity contribution in [3.8, 4) is 0 Å². The van der Waals surface area contributed by atoms with Crippen LogP contribution in [0.3, 0.4) is 0 Å². The predicted octanol–water partition coefficient (Wildman–Crippen LogP) is 4.05. The molecule has 1 N–H and O–H groups in total. The van der Waals surface area contributed by atoms with E-state index in [9.17, 15) is 9.90 Å². The Bertz CT molecular complexity index is 382. The molecule has 2 unspecified atom stereocenters. The van der Waals surface area contributed by atoms with Crippen molar-refractivity contribution in [2.45, 2.75) is 46.5 Å². The standard InChI is InChI=1S/C17H28O3/c1-5-14-7-10-17(16(18)19,9-6-13(2)3)15(12-14)8-11-20-4/h7,10,12-13,15H,5-6,8-9,11H2,1-4H3,(H,18,19). The topological polar surface area (TPSA) is 46.5 Å². The largest absolute Gasteiger partial charge is 0.481 e. The molecule has 0 saturated heterocycles. The molecule has 0 spiro atoms. The first-order chi connectivity index (χ1) is 9.46. The van der Waals surface area contributed by atoms with Crippen LogP contribution in [-0.2, 0) is 9.53 Å². The van der Waals surface area contributed by atoms with Crippen molar-refractivity contribution in [2.24, 2.45) is 17.3 Å². The summed E-state index contributed by atoms with van der Waals surface area (Å²) >= 11 is 0. The number of carbonyl (C=O) groups is 1. The molecule has 0 aromatic heterocycles. The van der Waals surface area contributed by atoms with E-state index in [1.807, 2.05) is 12.2 Å². The van der Waals surface area contributed by atoms with Crippen LogP contribution in [0.5, 0.6) is 0 Å². The SMILES string of the molecule is CCC1=CC(CCOC)C(CCC(C)C)(C(=O)O)C=C1. The third-order valence-corrected chi connectivity index (χ3v) is 4.25. The van der Waals surface area contributed by atoms with Crippen LogP contribution in [0.2, 0.25) is 0 Å². The molecule has 0 aromatic rings. The predicted molar refractivity (Wildman–Crippen MR) is 81.6 cm³/mol. The van der Waals surface area contributed by atoms with E-state index in [0.717, 1.165) is 19.3 Å². The van der Waals surface area contributed by atoms with Crippen LogP contribution in [-0.4, -0.2) is 24.8 Å². The summed E-state index contributed by atoms with van der Waals surface area (Å²) in [6.07, 6.45) is 9.39. The molecule has 0 saturated carbocycles. The summed E-state index contributed by atoms with van der Waals surface area (Å²) in [5, 5.41) is 9.81. The summed E-state index contributed by atoms with van der Waals surface area (Å²) in [5.41, 5.74) is 0.467. The normalized spacial score (nSPS) is 25.9. The minimum absolute atomic E-state index is 0.0265. The molecule has 0 radical (unpaired) electrons. The Hall–Kier alpha value is -1.09. The van der Waals surface area contributed by atoms with E-state index >= 15 is 0 Å². The Kier molecular flexibility index (Phi) is 6.47. The fourth-order valence-electron chi connectivity index (χ4n) is 2.80. The molecule has 3 nitrogen and oxygen atoms in total. The molecule has 0 bridgehead atoms. The quantitative estimate of drug-likeness (QED) is 0.729. The van der Waals surface area contributed by atoms with Crippen LogP contribution < -0.4 is 0 Å².